The van der Waals surface area contributed by atoms with Crippen LogP contribution in [0.3, 0.4) is 0 Å². The molecule has 2 spiro atoms. The van der Waals surface area contributed by atoms with E-state index < -0.39 is 5.41 Å². The van der Waals surface area contributed by atoms with Crippen LogP contribution < -0.4 is 10.2 Å². The van der Waals surface area contributed by atoms with Crippen LogP contribution in [-0.4, -0.2) is 0 Å². The van der Waals surface area contributed by atoms with Crippen molar-refractivity contribution in [1.29, 1.82) is 0 Å². The molecular formula is C136H107BrN2S2. The minimum Gasteiger partial charge on any atom is -0.356 e. The molecule has 0 fully saturated rings. The van der Waals surface area contributed by atoms with Crippen molar-refractivity contribution >= 4 is 107 Å². The fourth-order valence-electron chi connectivity index (χ4n) is 25.3. The smallest absolute Gasteiger partial charge is 0.0719 e. The van der Waals surface area contributed by atoms with Crippen LogP contribution in [0, 0.1) is 0 Å². The van der Waals surface area contributed by atoms with Crippen molar-refractivity contribution in [3.63, 3.8) is 0 Å². The molecule has 6 aliphatic rings. The van der Waals surface area contributed by atoms with E-state index in [1.165, 1.54) is 224 Å². The van der Waals surface area contributed by atoms with E-state index in [1.807, 2.05) is 28.7 Å². The fourth-order valence-corrected chi connectivity index (χ4v) is 28.5. The van der Waals surface area contributed by atoms with Gasteiger partial charge in [0.25, 0.3) is 0 Å². The summed E-state index contributed by atoms with van der Waals surface area (Å²) in [6.45, 7) is 19.0. The van der Waals surface area contributed by atoms with Crippen molar-refractivity contribution in [2.75, 3.05) is 10.2 Å². The van der Waals surface area contributed by atoms with Crippen LogP contribution in [-0.2, 0) is 32.5 Å². The first-order chi connectivity index (χ1) is 67.9. The summed E-state index contributed by atoms with van der Waals surface area (Å²) < 4.78 is 6.39. The van der Waals surface area contributed by atoms with E-state index in [0.29, 0.717) is 0 Å². The van der Waals surface area contributed by atoms with Crippen molar-refractivity contribution in [2.24, 2.45) is 0 Å². The normalized spacial score (nSPS) is 14.6. The summed E-state index contributed by atoms with van der Waals surface area (Å²) in [7, 11) is 0. The molecule has 0 saturated heterocycles. The molecule has 6 aliphatic carbocycles. The quantitative estimate of drug-likeness (QED) is 0.155. The van der Waals surface area contributed by atoms with Gasteiger partial charge in [0, 0.05) is 84.5 Å². The molecule has 0 radical (unpaired) electrons. The molecule has 0 atom stereocenters. The lowest BCUT2D eigenvalue weighted by Gasteiger charge is -2.46. The van der Waals surface area contributed by atoms with E-state index in [0.717, 1.165) is 27.2 Å². The largest absolute Gasteiger partial charge is 0.356 e. The predicted molar refractivity (Wildman–Crippen MR) is 606 cm³/mol. The average molecular weight is 1910 g/mol. The number of fused-ring (bicyclic) bond motifs is 30. The maximum atomic E-state index is 3.81. The molecule has 20 aromatic carbocycles. The van der Waals surface area contributed by atoms with Gasteiger partial charge in [0.1, 0.15) is 0 Å². The molecule has 0 amide bonds. The second-order valence-corrected chi connectivity index (χ2v) is 43.4. The number of thiophene rings is 2. The molecule has 0 unspecified atom stereocenters. The number of benzene rings is 20. The molecule has 1 N–H and O–H groups in total. The molecule has 5 heteroatoms. The van der Waals surface area contributed by atoms with Gasteiger partial charge in [-0.15, -0.1) is 22.7 Å². The Morgan fingerprint density at radius 2 is 0.489 bits per heavy atom. The highest BCUT2D eigenvalue weighted by atomic mass is 79.9. The first-order valence-corrected chi connectivity index (χ1v) is 51.1. The number of hydrogen-bond acceptors (Lipinski definition) is 4. The van der Waals surface area contributed by atoms with Gasteiger partial charge in [-0.3, -0.25) is 0 Å². The molecule has 28 rings (SSSR count). The van der Waals surface area contributed by atoms with E-state index in [1.54, 1.807) is 0 Å². The summed E-state index contributed by atoms with van der Waals surface area (Å²) in [4.78, 5) is 2.50. The fraction of sp³-hybridized carbons (Fsp3) is 0.118. The van der Waals surface area contributed by atoms with E-state index in [2.05, 4.69) is 524 Å². The zero-order chi connectivity index (χ0) is 93.6. The summed E-state index contributed by atoms with van der Waals surface area (Å²) in [5.74, 6) is 0. The van der Waals surface area contributed by atoms with Crippen LogP contribution in [0.1, 0.15) is 159 Å². The van der Waals surface area contributed by atoms with Gasteiger partial charge in [-0.1, -0.05) is 446 Å². The third kappa shape index (κ3) is 13.3. The van der Waals surface area contributed by atoms with Gasteiger partial charge < -0.3 is 10.2 Å². The summed E-state index contributed by atoms with van der Waals surface area (Å²) in [6, 6.07) is 167. The minimum atomic E-state index is -0.450. The maximum absolute atomic E-state index is 3.81. The van der Waals surface area contributed by atoms with Gasteiger partial charge >= 0.3 is 0 Å². The third-order valence-corrected chi connectivity index (χ3v) is 35.4. The van der Waals surface area contributed by atoms with Crippen LogP contribution in [0.4, 0.5) is 28.4 Å². The molecule has 0 aliphatic heterocycles. The SMILES string of the molecule is C.C.CC1(C)c2ccccc2-c2ccc(N(c3ccc(-c4ccccc4)cc3)c3cccc4c3sc3c(-c5ccc6c(c5)C5(c7ccccc7-6)c6ccccc6C(C)(C)c6ccccc65)cccc34)cc21.CC1(C)c2ccccc2-c2ccc(Nc3ccc(-c4ccccc4)cc3)cc21.CC1(C)c2ccccc2C2(c3ccccc3-c3ccc(-c4cccc5c4sc4c(Br)cccc45)cc32)c2ccccc21. The van der Waals surface area contributed by atoms with Crippen LogP contribution in [0.25, 0.3) is 129 Å². The van der Waals surface area contributed by atoms with Gasteiger partial charge in [-0.2, -0.15) is 0 Å². The van der Waals surface area contributed by atoms with Gasteiger partial charge in [0.15, 0.2) is 0 Å². The molecule has 141 heavy (non-hydrogen) atoms. The van der Waals surface area contributed by atoms with Gasteiger partial charge in [-0.05, 0) is 267 Å². The Hall–Kier alpha value is -15.1. The number of nitrogens with zero attached hydrogens (tertiary/aromatic N) is 1. The first kappa shape index (κ1) is 88.6. The molecule has 22 aromatic rings. The highest BCUT2D eigenvalue weighted by Crippen LogP contribution is 2.66. The second kappa shape index (κ2) is 33.6. The molecule has 0 bridgehead atoms. The summed E-state index contributed by atoms with van der Waals surface area (Å²) >= 11 is 7.62. The Kier molecular flexibility index (Phi) is 21.1. The number of anilines is 5. The summed E-state index contributed by atoms with van der Waals surface area (Å²) in [5.41, 5.74) is 47.5. The van der Waals surface area contributed by atoms with Gasteiger partial charge in [0.2, 0.25) is 0 Å². The lowest BCUT2D eigenvalue weighted by molar-refractivity contribution is 0.563. The number of nitrogens with one attached hydrogen (secondary N) is 1. The highest BCUT2D eigenvalue weighted by molar-refractivity contribution is 9.10. The lowest BCUT2D eigenvalue weighted by atomic mass is 9.55. The Labute approximate surface area is 844 Å². The maximum Gasteiger partial charge on any atom is 0.0719 e. The van der Waals surface area contributed by atoms with Crippen LogP contribution in [0.2, 0.25) is 0 Å². The van der Waals surface area contributed by atoms with Gasteiger partial charge in [0.05, 0.1) is 21.2 Å². The third-order valence-electron chi connectivity index (χ3n) is 31.9. The van der Waals surface area contributed by atoms with E-state index in [4.69, 9.17) is 0 Å². The monoisotopic (exact) mass is 1910 g/mol. The predicted octanol–water partition coefficient (Wildman–Crippen LogP) is 38.3. The van der Waals surface area contributed by atoms with Crippen molar-refractivity contribution in [1.82, 2.24) is 0 Å². The Bertz CT molecular complexity index is 8700. The van der Waals surface area contributed by atoms with Crippen LogP contribution >= 0.6 is 38.6 Å². The minimum absolute atomic E-state index is 0. The molecule has 2 aromatic heterocycles. The Balaban J connectivity index is 0.000000126. The van der Waals surface area contributed by atoms with Crippen molar-refractivity contribution < 1.29 is 0 Å². The molecule has 680 valence electrons. The molecular weight excluding hydrogens is 1810 g/mol. The Morgan fingerprint density at radius 1 is 0.199 bits per heavy atom. The van der Waals surface area contributed by atoms with Crippen molar-refractivity contribution in [3.8, 4) is 89.0 Å². The summed E-state index contributed by atoms with van der Waals surface area (Å²) in [5, 5.41) is 8.77. The van der Waals surface area contributed by atoms with Gasteiger partial charge in [-0.25, -0.2) is 0 Å². The van der Waals surface area contributed by atoms with Crippen LogP contribution in [0.15, 0.2) is 453 Å². The van der Waals surface area contributed by atoms with Crippen molar-refractivity contribution in [2.45, 2.75) is 103 Å². The average Bonchev–Trinajstić information content (AvgIpc) is 1.53. The highest BCUT2D eigenvalue weighted by Gasteiger charge is 2.56. The molecule has 0 saturated carbocycles. The molecule has 2 heterocycles. The number of halogens is 1. The first-order valence-electron chi connectivity index (χ1n) is 48.7. The lowest BCUT2D eigenvalue weighted by Crippen LogP contribution is -2.40. The Morgan fingerprint density at radius 3 is 0.943 bits per heavy atom. The van der Waals surface area contributed by atoms with E-state index >= 15 is 0 Å². The molecule has 2 nitrogen and oxygen atoms in total. The van der Waals surface area contributed by atoms with E-state index in [9.17, 15) is 0 Å². The summed E-state index contributed by atoms with van der Waals surface area (Å²) in [6.07, 6.45) is 0. The van der Waals surface area contributed by atoms with E-state index in [-0.39, 0.29) is 41.9 Å². The number of hydrogen-bond donors (Lipinski definition) is 1. The number of rotatable bonds is 9. The zero-order valence-corrected chi connectivity index (χ0v) is 82.1. The van der Waals surface area contributed by atoms with Crippen molar-refractivity contribution in [3.05, 3.63) is 542 Å². The topological polar surface area (TPSA) is 15.3 Å². The zero-order valence-electron chi connectivity index (χ0n) is 78.9. The standard InChI is InChI=1S/C67H49NS.C40H27BrS.C27H23N.2CH4/c1-65(2)54-25-10-8-20-48(54)50-39-37-46(41-60(50)65)68(45-35-32-43(33-36-45)42-18-6-5-7-19-42)62-31-17-24-53-52-23-16-22-47(63(52)69-64(53)62)44-34-38-51-49-21-9-11-26-55(49)67(61(51)40-44)58-29-14-12-27-56(58)66(3,4)57-28-13-15-30-59(57)67;1-39(2)31-16-5-7-18-33(31)40(34-19-8-6-17-32(34)39)30-15-4-3-11-26(30)27-22-21-24(23-35(27)40)25-12-9-13-28-29-14-10-20-36(41)38(29)42-37(25)28;1-27(2)25-11-7-6-10-23(25)24-17-16-22(18-26(24)27)28-21-14-12-20(13-15-21)19-8-4-3-5-9-19;;/h5-41H,1-4H3;3-23H,1-2H3;3-18,28H,1-2H3;2*1H4. The second-order valence-electron chi connectivity index (χ2n) is 40.5. The van der Waals surface area contributed by atoms with Crippen LogP contribution in [0.5, 0.6) is 0 Å².